The maximum Gasteiger partial charge on any atom is 0.328 e. The number of hydrogen-bond donors (Lipinski definition) is 1. The molecule has 0 fully saturated rings. The Bertz CT molecular complexity index is 775. The maximum atomic E-state index is 12.2. The third kappa shape index (κ3) is 4.14. The van der Waals surface area contributed by atoms with E-state index in [-0.39, 0.29) is 12.4 Å². The fourth-order valence-corrected chi connectivity index (χ4v) is 1.96. The lowest BCUT2D eigenvalue weighted by Crippen LogP contribution is -2.39. The monoisotopic (exact) mass is 328 g/mol. The molecule has 7 nitrogen and oxygen atoms in total. The van der Waals surface area contributed by atoms with Crippen molar-refractivity contribution in [1.82, 2.24) is 5.32 Å². The molecule has 0 saturated carbocycles. The zero-order valence-electron chi connectivity index (χ0n) is 13.2. The van der Waals surface area contributed by atoms with Crippen LogP contribution >= 0.6 is 0 Å². The average molecular weight is 328 g/mol. The fourth-order valence-electron chi connectivity index (χ4n) is 1.96. The summed E-state index contributed by atoms with van der Waals surface area (Å²) < 4.78 is 15.3. The second-order valence-corrected chi connectivity index (χ2v) is 4.92. The van der Waals surface area contributed by atoms with Gasteiger partial charge < -0.3 is 19.2 Å². The number of furan rings is 1. The van der Waals surface area contributed by atoms with Crippen LogP contribution in [0.2, 0.25) is 0 Å². The van der Waals surface area contributed by atoms with Crippen LogP contribution in [0.3, 0.4) is 0 Å². The number of carbonyl (C=O) groups excluding carboxylic acids is 2. The van der Waals surface area contributed by atoms with Gasteiger partial charge in [-0.25, -0.2) is 4.79 Å². The summed E-state index contributed by atoms with van der Waals surface area (Å²) in [7, 11) is 1.24. The molecule has 1 aromatic carbocycles. The molecule has 0 bridgehead atoms. The van der Waals surface area contributed by atoms with Crippen LogP contribution in [0.25, 0.3) is 0 Å². The summed E-state index contributed by atoms with van der Waals surface area (Å²) in [4.78, 5) is 23.5. The molecule has 1 N–H and O–H groups in total. The Labute approximate surface area is 138 Å². The van der Waals surface area contributed by atoms with Crippen molar-refractivity contribution in [3.63, 3.8) is 0 Å². The molecule has 0 saturated heterocycles. The molecular weight excluding hydrogens is 312 g/mol. The average Bonchev–Trinajstić information content (AvgIpc) is 3.08. The minimum atomic E-state index is -0.798. The summed E-state index contributed by atoms with van der Waals surface area (Å²) in [5, 5.41) is 11.4. The first-order valence-corrected chi connectivity index (χ1v) is 7.13. The molecular formula is C17H16N2O5. The Morgan fingerprint density at radius 1 is 1.38 bits per heavy atom. The Morgan fingerprint density at radius 2 is 2.17 bits per heavy atom. The van der Waals surface area contributed by atoms with Crippen molar-refractivity contribution in [2.24, 2.45) is 0 Å². The zero-order valence-corrected chi connectivity index (χ0v) is 13.2. The summed E-state index contributed by atoms with van der Waals surface area (Å²) in [5.74, 6) is -0.532. The van der Waals surface area contributed by atoms with Crippen LogP contribution < -0.4 is 10.1 Å². The Kier molecular flexibility index (Phi) is 5.58. The molecule has 1 heterocycles. The van der Waals surface area contributed by atoms with Crippen LogP contribution in [0.5, 0.6) is 5.75 Å². The molecule has 7 heteroatoms. The van der Waals surface area contributed by atoms with Crippen LogP contribution in [0.1, 0.15) is 28.6 Å². The molecule has 0 aliphatic carbocycles. The molecule has 2 rings (SSSR count). The summed E-state index contributed by atoms with van der Waals surface area (Å²) in [6.45, 7) is 1.59. The van der Waals surface area contributed by atoms with Gasteiger partial charge in [0.1, 0.15) is 18.4 Å². The molecule has 2 aromatic rings. The number of benzene rings is 1. The van der Waals surface area contributed by atoms with E-state index in [4.69, 9.17) is 14.4 Å². The largest absolute Gasteiger partial charge is 0.489 e. The fraction of sp³-hybridized carbons (Fsp3) is 0.235. The van der Waals surface area contributed by atoms with Crippen LogP contribution in [-0.2, 0) is 16.1 Å². The van der Waals surface area contributed by atoms with E-state index in [2.05, 4.69) is 10.1 Å². The number of nitriles is 1. The number of esters is 1. The van der Waals surface area contributed by atoms with Gasteiger partial charge in [0.25, 0.3) is 5.91 Å². The van der Waals surface area contributed by atoms with E-state index in [9.17, 15) is 9.59 Å². The van der Waals surface area contributed by atoms with Crippen molar-refractivity contribution in [2.75, 3.05) is 7.11 Å². The zero-order chi connectivity index (χ0) is 17.5. The summed E-state index contributed by atoms with van der Waals surface area (Å²) in [6.07, 6.45) is 1.36. The van der Waals surface area contributed by atoms with E-state index in [1.165, 1.54) is 20.3 Å². The van der Waals surface area contributed by atoms with Gasteiger partial charge in [0, 0.05) is 5.56 Å². The summed E-state index contributed by atoms with van der Waals surface area (Å²) in [6, 6.07) is 9.50. The van der Waals surface area contributed by atoms with Crippen molar-refractivity contribution in [2.45, 2.75) is 19.6 Å². The Hall–Kier alpha value is -3.27. The second kappa shape index (κ2) is 7.83. The first-order chi connectivity index (χ1) is 11.5. The predicted octanol–water partition coefficient (Wildman–Crippen LogP) is 2.02. The Morgan fingerprint density at radius 3 is 2.88 bits per heavy atom. The van der Waals surface area contributed by atoms with Crippen molar-refractivity contribution in [3.05, 3.63) is 53.5 Å². The quantitative estimate of drug-likeness (QED) is 0.814. The van der Waals surface area contributed by atoms with E-state index in [0.717, 1.165) is 0 Å². The van der Waals surface area contributed by atoms with Crippen LogP contribution in [-0.4, -0.2) is 25.0 Å². The van der Waals surface area contributed by atoms with E-state index in [1.54, 1.807) is 30.3 Å². The van der Waals surface area contributed by atoms with Gasteiger partial charge in [-0.2, -0.15) is 5.26 Å². The van der Waals surface area contributed by atoms with Gasteiger partial charge in [-0.3, -0.25) is 4.79 Å². The lowest BCUT2D eigenvalue weighted by Gasteiger charge is -2.11. The molecule has 1 amide bonds. The molecule has 0 spiro atoms. The van der Waals surface area contributed by atoms with E-state index in [0.29, 0.717) is 16.9 Å². The van der Waals surface area contributed by atoms with Gasteiger partial charge >= 0.3 is 5.97 Å². The van der Waals surface area contributed by atoms with Gasteiger partial charge in [0.05, 0.1) is 25.0 Å². The van der Waals surface area contributed by atoms with Crippen LogP contribution in [0.15, 0.2) is 41.0 Å². The topological polar surface area (TPSA) is 102 Å². The second-order valence-electron chi connectivity index (χ2n) is 4.92. The number of carbonyl (C=O) groups is 2. The first-order valence-electron chi connectivity index (χ1n) is 7.13. The van der Waals surface area contributed by atoms with Gasteiger partial charge in [0.15, 0.2) is 5.76 Å². The minimum absolute atomic E-state index is 0.0576. The summed E-state index contributed by atoms with van der Waals surface area (Å²) in [5.41, 5.74) is 0.997. The molecule has 124 valence electrons. The normalized spacial score (nSPS) is 11.2. The number of rotatable bonds is 6. The molecule has 24 heavy (non-hydrogen) atoms. The maximum absolute atomic E-state index is 12.2. The number of nitrogens with one attached hydrogen (secondary N) is 1. The molecule has 0 radical (unpaired) electrons. The highest BCUT2D eigenvalue weighted by Gasteiger charge is 2.21. The predicted molar refractivity (Wildman–Crippen MR) is 83.1 cm³/mol. The SMILES string of the molecule is COC(=O)[C@H](C)NC(=O)c1occc1COc1cccc(C#N)c1. The number of nitrogens with zero attached hydrogens (tertiary/aromatic N) is 1. The minimum Gasteiger partial charge on any atom is -0.489 e. The smallest absolute Gasteiger partial charge is 0.328 e. The third-order valence-electron chi connectivity index (χ3n) is 3.21. The van der Waals surface area contributed by atoms with Gasteiger partial charge in [-0.05, 0) is 31.2 Å². The molecule has 1 aromatic heterocycles. The van der Waals surface area contributed by atoms with E-state index < -0.39 is 17.9 Å². The van der Waals surface area contributed by atoms with Crippen molar-refractivity contribution >= 4 is 11.9 Å². The van der Waals surface area contributed by atoms with Gasteiger partial charge in [-0.15, -0.1) is 0 Å². The number of amides is 1. The van der Waals surface area contributed by atoms with Gasteiger partial charge in [-0.1, -0.05) is 6.07 Å². The highest BCUT2D eigenvalue weighted by Crippen LogP contribution is 2.17. The van der Waals surface area contributed by atoms with Gasteiger partial charge in [0.2, 0.25) is 0 Å². The van der Waals surface area contributed by atoms with Crippen molar-refractivity contribution in [1.29, 1.82) is 5.26 Å². The molecule has 0 aliphatic heterocycles. The van der Waals surface area contributed by atoms with Crippen LogP contribution in [0, 0.1) is 11.3 Å². The highest BCUT2D eigenvalue weighted by molar-refractivity contribution is 5.95. The lowest BCUT2D eigenvalue weighted by atomic mass is 10.2. The number of ether oxygens (including phenoxy) is 2. The third-order valence-corrected chi connectivity index (χ3v) is 3.21. The van der Waals surface area contributed by atoms with Crippen LogP contribution in [0.4, 0.5) is 0 Å². The Balaban J connectivity index is 2.03. The van der Waals surface area contributed by atoms with Crippen molar-refractivity contribution in [3.8, 4) is 11.8 Å². The molecule has 1 atom stereocenters. The van der Waals surface area contributed by atoms with E-state index in [1.807, 2.05) is 6.07 Å². The number of hydrogen-bond acceptors (Lipinski definition) is 6. The van der Waals surface area contributed by atoms with E-state index >= 15 is 0 Å². The standard InChI is InChI=1S/C17H16N2O5/c1-11(17(21)22-2)19-16(20)15-13(6-7-23-15)10-24-14-5-3-4-12(8-14)9-18/h3-8,11H,10H2,1-2H3,(H,19,20)/t11-/m0/s1. The van der Waals surface area contributed by atoms with Crippen molar-refractivity contribution < 1.29 is 23.5 Å². The summed E-state index contributed by atoms with van der Waals surface area (Å²) >= 11 is 0. The first kappa shape index (κ1) is 17.1. The number of methoxy groups -OCH3 is 1. The lowest BCUT2D eigenvalue weighted by molar-refractivity contribution is -0.142. The highest BCUT2D eigenvalue weighted by atomic mass is 16.5. The molecule has 0 aliphatic rings. The molecule has 0 unspecified atom stereocenters.